The molecule has 6 rings (SSSR count). The van der Waals surface area contributed by atoms with Crippen LogP contribution in [0, 0.1) is 17.7 Å². The summed E-state index contributed by atoms with van der Waals surface area (Å²) in [6, 6.07) is 11.8. The third kappa shape index (κ3) is 3.79. The molecule has 1 atom stereocenters. The third-order valence-corrected chi connectivity index (χ3v) is 10.5. The lowest BCUT2D eigenvalue weighted by atomic mass is 9.71. The molecular weight excluding hydrogens is 453 g/mol. The summed E-state index contributed by atoms with van der Waals surface area (Å²) in [5.41, 5.74) is 2.03. The summed E-state index contributed by atoms with van der Waals surface area (Å²) in [7, 11) is -3.79. The number of carbonyl (C=O) groups is 1. The predicted octanol–water partition coefficient (Wildman–Crippen LogP) is 5.28. The molecule has 0 bridgehead atoms. The first-order valence-corrected chi connectivity index (χ1v) is 13.7. The molecule has 1 spiro atoms. The van der Waals surface area contributed by atoms with Gasteiger partial charge >= 0.3 is 0 Å². The molecule has 1 unspecified atom stereocenters. The van der Waals surface area contributed by atoms with Gasteiger partial charge in [0.25, 0.3) is 0 Å². The summed E-state index contributed by atoms with van der Waals surface area (Å²) in [6.45, 7) is 0.388. The van der Waals surface area contributed by atoms with Crippen molar-refractivity contribution in [2.45, 2.75) is 60.6 Å². The third-order valence-electron chi connectivity index (χ3n) is 8.21. The van der Waals surface area contributed by atoms with Crippen molar-refractivity contribution >= 4 is 26.6 Å². The standard InChI is InChI=1S/C27H28FNO4S/c28-23-14-19(18-3-5-25-20(13-18)9-12-33-25)4-6-26(23)34(31,32)21-7-10-27(11-8-21)15-22(17-1-2-17)24(30)16-29-27/h3-6,9,12-14,17,21-22,29H,1-2,7-8,10-11,15-16H2. The highest BCUT2D eigenvalue weighted by atomic mass is 32.2. The second kappa shape index (κ2) is 8.02. The summed E-state index contributed by atoms with van der Waals surface area (Å²) in [5.74, 6) is 0.243. The summed E-state index contributed by atoms with van der Waals surface area (Å²) in [4.78, 5) is 12.1. The van der Waals surface area contributed by atoms with Gasteiger partial charge in [0.05, 0.1) is 18.1 Å². The van der Waals surface area contributed by atoms with Crippen LogP contribution < -0.4 is 5.32 Å². The molecule has 178 valence electrons. The average Bonchev–Trinajstić information content (AvgIpc) is 3.57. The van der Waals surface area contributed by atoms with Crippen LogP contribution in [-0.4, -0.2) is 31.5 Å². The Kier molecular flexibility index (Phi) is 5.19. The fourth-order valence-electron chi connectivity index (χ4n) is 6.01. The number of ketones is 1. The van der Waals surface area contributed by atoms with Gasteiger partial charge < -0.3 is 9.73 Å². The smallest absolute Gasteiger partial charge is 0.184 e. The number of sulfone groups is 1. The molecule has 0 radical (unpaired) electrons. The Morgan fingerprint density at radius 1 is 0.971 bits per heavy atom. The molecule has 34 heavy (non-hydrogen) atoms. The van der Waals surface area contributed by atoms with Crippen LogP contribution in [0.4, 0.5) is 4.39 Å². The largest absolute Gasteiger partial charge is 0.464 e. The molecule has 3 aromatic rings. The second-order valence-electron chi connectivity index (χ2n) is 10.3. The zero-order chi connectivity index (χ0) is 23.5. The van der Waals surface area contributed by atoms with E-state index in [9.17, 15) is 13.2 Å². The summed E-state index contributed by atoms with van der Waals surface area (Å²) in [5, 5.41) is 3.74. The van der Waals surface area contributed by atoms with Crippen molar-refractivity contribution < 1.29 is 22.0 Å². The molecule has 2 aromatic carbocycles. The number of halogens is 1. The molecule has 1 saturated heterocycles. The van der Waals surface area contributed by atoms with Crippen LogP contribution in [0.5, 0.6) is 0 Å². The molecule has 3 aliphatic rings. The van der Waals surface area contributed by atoms with Gasteiger partial charge in [0, 0.05) is 16.8 Å². The number of nitrogens with one attached hydrogen (secondary N) is 1. The Morgan fingerprint density at radius 2 is 1.71 bits per heavy atom. The van der Waals surface area contributed by atoms with Crippen LogP contribution in [0.25, 0.3) is 22.1 Å². The highest BCUT2D eigenvalue weighted by Crippen LogP contribution is 2.47. The summed E-state index contributed by atoms with van der Waals surface area (Å²) >= 11 is 0. The van der Waals surface area contributed by atoms with Crippen molar-refractivity contribution in [3.05, 3.63) is 54.5 Å². The number of hydrogen-bond acceptors (Lipinski definition) is 5. The number of carbonyl (C=O) groups excluding carboxylic acids is 1. The van der Waals surface area contributed by atoms with E-state index < -0.39 is 20.9 Å². The molecular formula is C27H28FNO4S. The predicted molar refractivity (Wildman–Crippen MR) is 128 cm³/mol. The Hall–Kier alpha value is -2.51. The molecule has 3 fully saturated rings. The monoisotopic (exact) mass is 481 g/mol. The number of rotatable bonds is 4. The molecule has 2 saturated carbocycles. The van der Waals surface area contributed by atoms with E-state index in [1.165, 1.54) is 12.1 Å². The van der Waals surface area contributed by atoms with Gasteiger partial charge in [-0.2, -0.15) is 0 Å². The quantitative estimate of drug-likeness (QED) is 0.549. The van der Waals surface area contributed by atoms with Crippen molar-refractivity contribution in [1.29, 1.82) is 0 Å². The Labute approximate surface area is 198 Å². The van der Waals surface area contributed by atoms with Gasteiger partial charge in [0.2, 0.25) is 0 Å². The van der Waals surface area contributed by atoms with E-state index in [1.54, 1.807) is 12.3 Å². The van der Waals surface area contributed by atoms with Gasteiger partial charge in [0.1, 0.15) is 22.1 Å². The first kappa shape index (κ1) is 22.0. The van der Waals surface area contributed by atoms with Crippen molar-refractivity contribution in [2.75, 3.05) is 6.54 Å². The van der Waals surface area contributed by atoms with E-state index in [2.05, 4.69) is 5.32 Å². The van der Waals surface area contributed by atoms with Crippen LogP contribution in [0.3, 0.4) is 0 Å². The lowest BCUT2D eigenvalue weighted by molar-refractivity contribution is -0.126. The van der Waals surface area contributed by atoms with Crippen LogP contribution >= 0.6 is 0 Å². The highest BCUT2D eigenvalue weighted by Gasteiger charge is 2.48. The summed E-state index contributed by atoms with van der Waals surface area (Å²) in [6.07, 6.45) is 7.07. The molecule has 1 N–H and O–H groups in total. The van der Waals surface area contributed by atoms with E-state index in [1.807, 2.05) is 24.3 Å². The highest BCUT2D eigenvalue weighted by molar-refractivity contribution is 7.92. The lowest BCUT2D eigenvalue weighted by Gasteiger charge is -2.45. The maximum absolute atomic E-state index is 15.1. The number of furan rings is 1. The van der Waals surface area contributed by atoms with Gasteiger partial charge in [-0.3, -0.25) is 4.79 Å². The van der Waals surface area contributed by atoms with E-state index >= 15 is 4.39 Å². The first-order valence-electron chi connectivity index (χ1n) is 12.1. The molecule has 1 aromatic heterocycles. The molecule has 2 aliphatic carbocycles. The van der Waals surface area contributed by atoms with Gasteiger partial charge in [-0.25, -0.2) is 12.8 Å². The normalized spacial score (nSPS) is 28.0. The van der Waals surface area contributed by atoms with Crippen molar-refractivity contribution in [3.63, 3.8) is 0 Å². The van der Waals surface area contributed by atoms with Crippen LogP contribution in [0.15, 0.2) is 58.0 Å². The van der Waals surface area contributed by atoms with E-state index in [-0.39, 0.29) is 16.4 Å². The fourth-order valence-corrected chi connectivity index (χ4v) is 7.82. The van der Waals surface area contributed by atoms with Crippen LogP contribution in [-0.2, 0) is 14.6 Å². The second-order valence-corrected chi connectivity index (χ2v) is 12.5. The van der Waals surface area contributed by atoms with Crippen LogP contribution in [0.2, 0.25) is 0 Å². The van der Waals surface area contributed by atoms with Gasteiger partial charge in [-0.1, -0.05) is 12.1 Å². The van der Waals surface area contributed by atoms with Gasteiger partial charge in [-0.15, -0.1) is 0 Å². The Bertz CT molecular complexity index is 1370. The lowest BCUT2D eigenvalue weighted by Crippen LogP contribution is -2.57. The molecule has 0 amide bonds. The topological polar surface area (TPSA) is 76.4 Å². The minimum atomic E-state index is -3.79. The number of hydrogen-bond donors (Lipinski definition) is 1. The zero-order valence-electron chi connectivity index (χ0n) is 18.9. The van der Waals surface area contributed by atoms with E-state index in [0.29, 0.717) is 49.5 Å². The van der Waals surface area contributed by atoms with Crippen molar-refractivity contribution in [2.24, 2.45) is 11.8 Å². The first-order chi connectivity index (χ1) is 16.3. The van der Waals surface area contributed by atoms with Crippen molar-refractivity contribution in [1.82, 2.24) is 5.32 Å². The Morgan fingerprint density at radius 3 is 2.44 bits per heavy atom. The van der Waals surface area contributed by atoms with E-state index in [0.717, 1.165) is 35.8 Å². The average molecular weight is 482 g/mol. The number of piperidine rings is 1. The maximum Gasteiger partial charge on any atom is 0.184 e. The molecule has 2 heterocycles. The molecule has 5 nitrogen and oxygen atoms in total. The van der Waals surface area contributed by atoms with Crippen molar-refractivity contribution in [3.8, 4) is 11.1 Å². The summed E-state index contributed by atoms with van der Waals surface area (Å²) < 4.78 is 47.2. The SMILES string of the molecule is O=C1CNC2(CCC(S(=O)(=O)c3ccc(-c4ccc5occc5c4)cc3F)CC2)CC1C1CC1. The zero-order valence-corrected chi connectivity index (χ0v) is 19.7. The van der Waals surface area contributed by atoms with Gasteiger partial charge in [-0.05, 0) is 92.3 Å². The maximum atomic E-state index is 15.1. The van der Waals surface area contributed by atoms with Gasteiger partial charge in [0.15, 0.2) is 9.84 Å². The minimum Gasteiger partial charge on any atom is -0.464 e. The van der Waals surface area contributed by atoms with Crippen LogP contribution in [0.1, 0.15) is 44.9 Å². The number of benzene rings is 2. The number of Topliss-reactive ketones (excluding diaryl/α,β-unsaturated/α-hetero) is 1. The Balaban J connectivity index is 1.20. The van der Waals surface area contributed by atoms with E-state index in [4.69, 9.17) is 4.42 Å². The molecule has 1 aliphatic heterocycles. The fraction of sp³-hybridized carbons (Fsp3) is 0.444. The number of fused-ring (bicyclic) bond motifs is 1. The minimum absolute atomic E-state index is 0.126. The molecule has 7 heteroatoms.